The van der Waals surface area contributed by atoms with E-state index >= 15 is 0 Å². The lowest BCUT2D eigenvalue weighted by atomic mass is 10.3. The van der Waals surface area contributed by atoms with E-state index in [-0.39, 0.29) is 5.02 Å². The van der Waals surface area contributed by atoms with Gasteiger partial charge in [-0.25, -0.2) is 4.98 Å². The molecule has 0 atom stereocenters. The summed E-state index contributed by atoms with van der Waals surface area (Å²) in [5, 5.41) is -0.375. The standard InChI is InChI=1S/C11H6ClF5N2O/c12-8-5-7(19-4-3-18-6-19)1-2-9(8)20-11(16,17)10(13,14)15/h1-6H. The van der Waals surface area contributed by atoms with Crippen LogP contribution < -0.4 is 4.74 Å². The number of alkyl halides is 5. The van der Waals surface area contributed by atoms with Gasteiger partial charge in [0.15, 0.2) is 0 Å². The van der Waals surface area contributed by atoms with Crippen LogP contribution in [0.15, 0.2) is 36.9 Å². The number of aromatic nitrogens is 2. The summed E-state index contributed by atoms with van der Waals surface area (Å²) in [7, 11) is 0. The molecule has 0 aliphatic rings. The van der Waals surface area contributed by atoms with E-state index in [0.29, 0.717) is 5.69 Å². The summed E-state index contributed by atoms with van der Waals surface area (Å²) < 4.78 is 66.7. The molecule has 0 N–H and O–H groups in total. The third kappa shape index (κ3) is 2.84. The van der Waals surface area contributed by atoms with Gasteiger partial charge in [0.2, 0.25) is 0 Å². The zero-order valence-corrected chi connectivity index (χ0v) is 10.3. The van der Waals surface area contributed by atoms with Gasteiger partial charge >= 0.3 is 12.3 Å². The zero-order valence-electron chi connectivity index (χ0n) is 9.53. The van der Waals surface area contributed by atoms with Gasteiger partial charge in [-0.3, -0.25) is 0 Å². The highest BCUT2D eigenvalue weighted by atomic mass is 35.5. The van der Waals surface area contributed by atoms with Gasteiger partial charge in [-0.05, 0) is 18.2 Å². The van der Waals surface area contributed by atoms with E-state index in [4.69, 9.17) is 11.6 Å². The Kier molecular flexibility index (Phi) is 3.59. The summed E-state index contributed by atoms with van der Waals surface area (Å²) in [5.41, 5.74) is 0.440. The van der Waals surface area contributed by atoms with Gasteiger partial charge in [0, 0.05) is 18.1 Å². The van der Waals surface area contributed by atoms with Crippen molar-refractivity contribution in [3.05, 3.63) is 41.9 Å². The summed E-state index contributed by atoms with van der Waals surface area (Å²) in [6, 6.07) is 3.39. The second-order valence-corrected chi connectivity index (χ2v) is 4.11. The van der Waals surface area contributed by atoms with Crippen LogP contribution in [0.1, 0.15) is 0 Å². The number of ether oxygens (including phenoxy) is 1. The molecule has 0 saturated heterocycles. The fourth-order valence-electron chi connectivity index (χ4n) is 1.34. The SMILES string of the molecule is FC(F)(F)C(F)(F)Oc1ccc(-n2ccnc2)cc1Cl. The highest BCUT2D eigenvalue weighted by Gasteiger charge is 2.61. The Balaban J connectivity index is 2.27. The molecule has 0 amide bonds. The maximum atomic E-state index is 12.7. The fourth-order valence-corrected chi connectivity index (χ4v) is 1.55. The van der Waals surface area contributed by atoms with Gasteiger partial charge in [0.25, 0.3) is 0 Å². The summed E-state index contributed by atoms with van der Waals surface area (Å²) in [6.07, 6.45) is -6.70. The molecule has 0 fully saturated rings. The molecule has 2 aromatic rings. The smallest absolute Gasteiger partial charge is 0.424 e. The molecule has 2 rings (SSSR count). The highest BCUT2D eigenvalue weighted by Crippen LogP contribution is 2.39. The first-order chi connectivity index (χ1) is 9.21. The Morgan fingerprint density at radius 1 is 1.15 bits per heavy atom. The molecule has 0 saturated carbocycles. The van der Waals surface area contributed by atoms with Crippen LogP contribution in [0.25, 0.3) is 5.69 Å². The van der Waals surface area contributed by atoms with Crippen LogP contribution >= 0.6 is 11.6 Å². The van der Waals surface area contributed by atoms with Crippen molar-refractivity contribution in [1.29, 1.82) is 0 Å². The zero-order chi connectivity index (χ0) is 15.0. The molecule has 0 bridgehead atoms. The third-order valence-electron chi connectivity index (χ3n) is 2.29. The summed E-state index contributed by atoms with van der Waals surface area (Å²) >= 11 is 5.64. The Bertz CT molecular complexity index is 597. The first-order valence-corrected chi connectivity index (χ1v) is 5.50. The molecule has 0 radical (unpaired) electrons. The van der Waals surface area contributed by atoms with Crippen molar-refractivity contribution in [2.75, 3.05) is 0 Å². The van der Waals surface area contributed by atoms with Gasteiger partial charge in [-0.1, -0.05) is 11.6 Å². The van der Waals surface area contributed by atoms with Crippen molar-refractivity contribution < 1.29 is 26.7 Å². The molecule has 20 heavy (non-hydrogen) atoms. The van der Waals surface area contributed by atoms with Crippen molar-refractivity contribution in [1.82, 2.24) is 9.55 Å². The van der Waals surface area contributed by atoms with E-state index in [1.54, 1.807) is 6.20 Å². The summed E-state index contributed by atoms with van der Waals surface area (Å²) in [5.74, 6) is -0.766. The summed E-state index contributed by atoms with van der Waals surface area (Å²) in [4.78, 5) is 3.76. The highest BCUT2D eigenvalue weighted by molar-refractivity contribution is 6.32. The maximum absolute atomic E-state index is 12.7. The number of benzene rings is 1. The van der Waals surface area contributed by atoms with Crippen LogP contribution in [0, 0.1) is 0 Å². The average molecular weight is 313 g/mol. The predicted molar refractivity (Wildman–Crippen MR) is 60.2 cm³/mol. The molecule has 108 valence electrons. The minimum atomic E-state index is -5.82. The molecule has 1 aromatic carbocycles. The van der Waals surface area contributed by atoms with E-state index in [0.717, 1.165) is 6.07 Å². The lowest BCUT2D eigenvalue weighted by Crippen LogP contribution is -2.41. The molecule has 3 nitrogen and oxygen atoms in total. The molecule has 0 unspecified atom stereocenters. The Morgan fingerprint density at radius 3 is 2.35 bits per heavy atom. The van der Waals surface area contributed by atoms with E-state index in [9.17, 15) is 22.0 Å². The molecule has 1 aromatic heterocycles. The van der Waals surface area contributed by atoms with Gasteiger partial charge in [-0.15, -0.1) is 0 Å². The minimum Gasteiger partial charge on any atom is -0.424 e. The molecule has 0 aliphatic heterocycles. The van der Waals surface area contributed by atoms with Crippen molar-refractivity contribution in [3.8, 4) is 11.4 Å². The van der Waals surface area contributed by atoms with E-state index in [1.807, 2.05) is 0 Å². The number of halogens is 6. The van der Waals surface area contributed by atoms with Crippen molar-refractivity contribution >= 4 is 11.6 Å². The monoisotopic (exact) mass is 312 g/mol. The third-order valence-corrected chi connectivity index (χ3v) is 2.58. The molecule has 0 aliphatic carbocycles. The van der Waals surface area contributed by atoms with Crippen LogP contribution in [0.4, 0.5) is 22.0 Å². The lowest BCUT2D eigenvalue weighted by Gasteiger charge is -2.21. The number of nitrogens with zero attached hydrogens (tertiary/aromatic N) is 2. The van der Waals surface area contributed by atoms with Crippen molar-refractivity contribution in [2.24, 2.45) is 0 Å². The van der Waals surface area contributed by atoms with Gasteiger partial charge < -0.3 is 9.30 Å². The first kappa shape index (κ1) is 14.6. The Morgan fingerprint density at radius 2 is 1.85 bits per heavy atom. The van der Waals surface area contributed by atoms with Gasteiger partial charge in [0.05, 0.1) is 11.3 Å². The Hall–Kier alpha value is -1.83. The van der Waals surface area contributed by atoms with Crippen LogP contribution in [0.5, 0.6) is 5.75 Å². The van der Waals surface area contributed by atoms with Crippen molar-refractivity contribution in [3.63, 3.8) is 0 Å². The van der Waals surface area contributed by atoms with Gasteiger partial charge in [-0.2, -0.15) is 22.0 Å². The average Bonchev–Trinajstić information content (AvgIpc) is 2.83. The first-order valence-electron chi connectivity index (χ1n) is 5.12. The van der Waals surface area contributed by atoms with Crippen LogP contribution in [-0.4, -0.2) is 21.8 Å². The maximum Gasteiger partial charge on any atom is 0.499 e. The Labute approximate surface area is 114 Å². The largest absolute Gasteiger partial charge is 0.499 e. The second kappa shape index (κ2) is 4.93. The normalized spacial score (nSPS) is 12.5. The molecule has 9 heteroatoms. The molecular weight excluding hydrogens is 307 g/mol. The molecule has 1 heterocycles. The van der Waals surface area contributed by atoms with E-state index in [2.05, 4.69) is 9.72 Å². The fraction of sp³-hybridized carbons (Fsp3) is 0.182. The topological polar surface area (TPSA) is 27.1 Å². The number of hydrogen-bond acceptors (Lipinski definition) is 2. The van der Waals surface area contributed by atoms with E-state index in [1.165, 1.54) is 29.2 Å². The quantitative estimate of drug-likeness (QED) is 0.799. The molecule has 0 spiro atoms. The predicted octanol–water partition coefficient (Wildman–Crippen LogP) is 4.06. The van der Waals surface area contributed by atoms with E-state index < -0.39 is 18.0 Å². The number of rotatable bonds is 3. The number of hydrogen-bond donors (Lipinski definition) is 0. The van der Waals surface area contributed by atoms with Crippen LogP contribution in [-0.2, 0) is 0 Å². The molecular formula is C11H6ClF5N2O. The van der Waals surface area contributed by atoms with Crippen molar-refractivity contribution in [2.45, 2.75) is 12.3 Å². The van der Waals surface area contributed by atoms with Crippen LogP contribution in [0.3, 0.4) is 0 Å². The number of imidazole rings is 1. The summed E-state index contributed by atoms with van der Waals surface area (Å²) in [6.45, 7) is 0. The van der Waals surface area contributed by atoms with Gasteiger partial charge in [0.1, 0.15) is 5.75 Å². The second-order valence-electron chi connectivity index (χ2n) is 3.70. The minimum absolute atomic E-state index is 0.375. The van der Waals surface area contributed by atoms with Crippen LogP contribution in [0.2, 0.25) is 5.02 Å². The lowest BCUT2D eigenvalue weighted by molar-refractivity contribution is -0.360.